The molecule has 3 nitrogen and oxygen atoms in total. The average molecular weight is 341 g/mol. The fourth-order valence-electron chi connectivity index (χ4n) is 3.44. The largest absolute Gasteiger partial charge is 0.416 e. The summed E-state index contributed by atoms with van der Waals surface area (Å²) in [6.45, 7) is 4.47. The van der Waals surface area contributed by atoms with Gasteiger partial charge in [0, 0.05) is 25.6 Å². The molecular formula is C18H22F3NO2. The Morgan fingerprint density at radius 2 is 2.12 bits per heavy atom. The van der Waals surface area contributed by atoms with Crippen LogP contribution in [0.2, 0.25) is 0 Å². The van der Waals surface area contributed by atoms with Gasteiger partial charge in [-0.05, 0) is 37.8 Å². The number of rotatable bonds is 5. The van der Waals surface area contributed by atoms with Crippen molar-refractivity contribution < 1.29 is 22.7 Å². The number of carbonyl (C=O) groups excluding carboxylic acids is 1. The summed E-state index contributed by atoms with van der Waals surface area (Å²) in [4.78, 5) is 14.8. The molecule has 24 heavy (non-hydrogen) atoms. The monoisotopic (exact) mass is 341 g/mol. The van der Waals surface area contributed by atoms with Gasteiger partial charge in [0.2, 0.25) is 5.91 Å². The molecule has 132 valence electrons. The van der Waals surface area contributed by atoms with E-state index in [4.69, 9.17) is 4.74 Å². The normalized spacial score (nSPS) is 22.4. The van der Waals surface area contributed by atoms with E-state index in [0.717, 1.165) is 25.2 Å². The summed E-state index contributed by atoms with van der Waals surface area (Å²) in [6.07, 6.45) is -2.23. The predicted molar refractivity (Wildman–Crippen MR) is 83.5 cm³/mol. The molecule has 1 heterocycles. The third kappa shape index (κ3) is 3.29. The quantitative estimate of drug-likeness (QED) is 0.819. The highest BCUT2D eigenvalue weighted by Crippen LogP contribution is 2.50. The van der Waals surface area contributed by atoms with Crippen LogP contribution in [0.15, 0.2) is 24.3 Å². The molecule has 0 bridgehead atoms. The molecular weight excluding hydrogens is 319 g/mol. The maximum Gasteiger partial charge on any atom is 0.416 e. The first-order valence-electron chi connectivity index (χ1n) is 8.41. The summed E-state index contributed by atoms with van der Waals surface area (Å²) in [7, 11) is 0. The minimum Gasteiger partial charge on any atom is -0.381 e. The van der Waals surface area contributed by atoms with E-state index in [2.05, 4.69) is 0 Å². The molecule has 2 fully saturated rings. The van der Waals surface area contributed by atoms with Crippen molar-refractivity contribution in [2.24, 2.45) is 5.92 Å². The Morgan fingerprint density at radius 1 is 1.38 bits per heavy atom. The number of nitrogens with zero attached hydrogens (tertiary/aromatic N) is 1. The molecule has 1 atom stereocenters. The summed E-state index contributed by atoms with van der Waals surface area (Å²) in [5.74, 6) is 0.280. The Bertz CT molecular complexity index is 605. The average Bonchev–Trinajstić information content (AvgIpc) is 3.21. The predicted octanol–water partition coefficient (Wildman–Crippen LogP) is 3.62. The number of carbonyl (C=O) groups is 1. The first-order chi connectivity index (χ1) is 11.4. The van der Waals surface area contributed by atoms with E-state index in [9.17, 15) is 18.0 Å². The van der Waals surface area contributed by atoms with Crippen LogP contribution in [0.3, 0.4) is 0 Å². The summed E-state index contributed by atoms with van der Waals surface area (Å²) in [5.41, 5.74) is -0.966. The van der Waals surface area contributed by atoms with Gasteiger partial charge in [0.1, 0.15) is 0 Å². The van der Waals surface area contributed by atoms with E-state index in [1.165, 1.54) is 6.07 Å². The summed E-state index contributed by atoms with van der Waals surface area (Å²) in [5, 5.41) is 0. The number of halogens is 3. The second kappa shape index (κ2) is 6.39. The maximum absolute atomic E-state index is 13.0. The van der Waals surface area contributed by atoms with E-state index in [0.29, 0.717) is 44.0 Å². The Morgan fingerprint density at radius 3 is 2.67 bits per heavy atom. The van der Waals surface area contributed by atoms with Crippen LogP contribution in [0.5, 0.6) is 0 Å². The SMILES string of the molecule is CCN(C[C@H]1CCOC1)C(=O)C1(c2cccc(C(F)(F)F)c2)CC1. The van der Waals surface area contributed by atoms with Crippen LogP contribution in [-0.2, 0) is 21.1 Å². The van der Waals surface area contributed by atoms with Gasteiger partial charge in [-0.25, -0.2) is 0 Å². The lowest BCUT2D eigenvalue weighted by Crippen LogP contribution is -2.42. The van der Waals surface area contributed by atoms with E-state index in [-0.39, 0.29) is 5.91 Å². The Balaban J connectivity index is 1.80. The minimum atomic E-state index is -4.39. The number of likely N-dealkylation sites (N-methyl/N-ethyl adjacent to an activating group) is 1. The Hall–Kier alpha value is -1.56. The number of ether oxygens (including phenoxy) is 1. The van der Waals surface area contributed by atoms with Gasteiger partial charge < -0.3 is 9.64 Å². The highest BCUT2D eigenvalue weighted by atomic mass is 19.4. The zero-order valence-electron chi connectivity index (χ0n) is 13.7. The highest BCUT2D eigenvalue weighted by Gasteiger charge is 2.53. The summed E-state index contributed by atoms with van der Waals surface area (Å²) >= 11 is 0. The van der Waals surface area contributed by atoms with Crippen molar-refractivity contribution in [1.29, 1.82) is 0 Å². The minimum absolute atomic E-state index is 0.0452. The molecule has 1 aliphatic heterocycles. The van der Waals surface area contributed by atoms with Crippen molar-refractivity contribution in [1.82, 2.24) is 4.90 Å². The van der Waals surface area contributed by atoms with Crippen LogP contribution in [0.1, 0.15) is 37.3 Å². The molecule has 3 rings (SSSR count). The van der Waals surface area contributed by atoms with Gasteiger partial charge in [-0.15, -0.1) is 0 Å². The van der Waals surface area contributed by atoms with Crippen LogP contribution < -0.4 is 0 Å². The van der Waals surface area contributed by atoms with Crippen LogP contribution in [0.4, 0.5) is 13.2 Å². The van der Waals surface area contributed by atoms with E-state index in [1.54, 1.807) is 11.0 Å². The van der Waals surface area contributed by atoms with Crippen LogP contribution in [0, 0.1) is 5.92 Å². The lowest BCUT2D eigenvalue weighted by Gasteiger charge is -2.28. The van der Waals surface area contributed by atoms with Gasteiger partial charge in [-0.3, -0.25) is 4.79 Å². The molecule has 0 spiro atoms. The van der Waals surface area contributed by atoms with E-state index in [1.807, 2.05) is 6.92 Å². The third-order valence-corrected chi connectivity index (χ3v) is 5.07. The molecule has 0 radical (unpaired) electrons. The summed E-state index contributed by atoms with van der Waals surface area (Å²) in [6, 6.07) is 5.23. The molecule has 0 unspecified atom stereocenters. The molecule has 1 aliphatic carbocycles. The second-order valence-electron chi connectivity index (χ2n) is 6.73. The zero-order chi connectivity index (χ0) is 17.4. The van der Waals surface area contributed by atoms with E-state index < -0.39 is 17.2 Å². The number of benzene rings is 1. The van der Waals surface area contributed by atoms with Crippen LogP contribution in [0.25, 0.3) is 0 Å². The van der Waals surface area contributed by atoms with Crippen LogP contribution >= 0.6 is 0 Å². The molecule has 1 aromatic rings. The van der Waals surface area contributed by atoms with E-state index >= 15 is 0 Å². The molecule has 1 amide bonds. The standard InChI is InChI=1S/C18H22F3NO2/c1-2-22(11-13-6-9-24-12-13)16(23)17(7-8-17)14-4-3-5-15(10-14)18(19,20)21/h3-5,10,13H,2,6-9,11-12H2,1H3/t13-/m1/s1. The smallest absolute Gasteiger partial charge is 0.381 e. The lowest BCUT2D eigenvalue weighted by molar-refractivity contribution is -0.138. The second-order valence-corrected chi connectivity index (χ2v) is 6.73. The van der Waals surface area contributed by atoms with Gasteiger partial charge in [-0.1, -0.05) is 18.2 Å². The van der Waals surface area contributed by atoms with Gasteiger partial charge in [0.15, 0.2) is 0 Å². The lowest BCUT2D eigenvalue weighted by atomic mass is 9.92. The van der Waals surface area contributed by atoms with Gasteiger partial charge >= 0.3 is 6.18 Å². The molecule has 2 aliphatic rings. The molecule has 1 aromatic carbocycles. The Labute approximate surface area is 139 Å². The molecule has 6 heteroatoms. The van der Waals surface area contributed by atoms with Crippen molar-refractivity contribution in [3.63, 3.8) is 0 Å². The maximum atomic E-state index is 13.0. The molecule has 0 N–H and O–H groups in total. The number of hydrogen-bond donors (Lipinski definition) is 0. The fraction of sp³-hybridized carbons (Fsp3) is 0.611. The fourth-order valence-corrected chi connectivity index (χ4v) is 3.44. The molecule has 0 aromatic heterocycles. The van der Waals surface area contributed by atoms with Gasteiger partial charge in [-0.2, -0.15) is 13.2 Å². The highest BCUT2D eigenvalue weighted by molar-refractivity contribution is 5.91. The first-order valence-corrected chi connectivity index (χ1v) is 8.41. The molecule has 1 saturated heterocycles. The van der Waals surface area contributed by atoms with Crippen LogP contribution in [-0.4, -0.2) is 37.1 Å². The summed E-state index contributed by atoms with van der Waals surface area (Å²) < 4.78 is 44.2. The van der Waals surface area contributed by atoms with Gasteiger partial charge in [0.25, 0.3) is 0 Å². The van der Waals surface area contributed by atoms with Crippen molar-refractivity contribution in [2.75, 3.05) is 26.3 Å². The Kier molecular flexibility index (Phi) is 4.60. The van der Waals surface area contributed by atoms with Crippen molar-refractivity contribution in [2.45, 2.75) is 37.8 Å². The number of alkyl halides is 3. The zero-order valence-corrected chi connectivity index (χ0v) is 13.7. The third-order valence-electron chi connectivity index (χ3n) is 5.07. The van der Waals surface area contributed by atoms with Crippen molar-refractivity contribution >= 4 is 5.91 Å². The molecule has 1 saturated carbocycles. The number of amides is 1. The first kappa shape index (κ1) is 17.3. The van der Waals surface area contributed by atoms with Crippen molar-refractivity contribution in [3.8, 4) is 0 Å². The van der Waals surface area contributed by atoms with Gasteiger partial charge in [0.05, 0.1) is 17.6 Å². The number of hydrogen-bond acceptors (Lipinski definition) is 2. The topological polar surface area (TPSA) is 29.5 Å². The van der Waals surface area contributed by atoms with Crippen molar-refractivity contribution in [3.05, 3.63) is 35.4 Å².